The van der Waals surface area contributed by atoms with Crippen molar-refractivity contribution in [2.24, 2.45) is 0 Å². The van der Waals surface area contributed by atoms with Gasteiger partial charge in [0.2, 0.25) is 10.0 Å². The molecule has 2 atom stereocenters. The van der Waals surface area contributed by atoms with Gasteiger partial charge in [0.1, 0.15) is 5.82 Å². The van der Waals surface area contributed by atoms with Gasteiger partial charge in [-0.15, -0.1) is 0 Å². The molecule has 26 heavy (non-hydrogen) atoms. The molecule has 2 heterocycles. The number of fused-ring (bicyclic) bond motifs is 1. The number of aliphatic hydroxyl groups is 1. The maximum Gasteiger partial charge on any atom is 0.240 e. The Bertz CT molecular complexity index is 903. The van der Waals surface area contributed by atoms with Crippen molar-refractivity contribution in [3.05, 3.63) is 42.1 Å². The van der Waals surface area contributed by atoms with Gasteiger partial charge in [-0.1, -0.05) is 12.1 Å². The molecule has 3 N–H and O–H groups in total. The molecule has 0 spiro atoms. The molecule has 0 radical (unpaired) electrons. The second-order valence-electron chi connectivity index (χ2n) is 7.46. The van der Waals surface area contributed by atoms with Crippen molar-refractivity contribution in [1.29, 1.82) is 0 Å². The highest BCUT2D eigenvalue weighted by atomic mass is 32.2. The first kappa shape index (κ1) is 18.8. The molecule has 0 saturated heterocycles. The Kier molecular flexibility index (Phi) is 4.81. The largest absolute Gasteiger partial charge is 0.389 e. The van der Waals surface area contributed by atoms with Gasteiger partial charge in [0.15, 0.2) is 0 Å². The van der Waals surface area contributed by atoms with E-state index in [-0.39, 0.29) is 4.90 Å². The molecule has 0 bridgehead atoms. The van der Waals surface area contributed by atoms with Gasteiger partial charge in [-0.3, -0.25) is 0 Å². The quantitative estimate of drug-likeness (QED) is 0.747. The predicted octanol–water partition coefficient (Wildman–Crippen LogP) is 2.54. The van der Waals surface area contributed by atoms with Crippen LogP contribution in [0.15, 0.2) is 41.4 Å². The predicted molar refractivity (Wildman–Crippen MR) is 103 cm³/mol. The van der Waals surface area contributed by atoms with Gasteiger partial charge in [-0.2, -0.15) is 0 Å². The first-order valence-corrected chi connectivity index (χ1v) is 10.2. The first-order valence-electron chi connectivity index (χ1n) is 8.67. The second kappa shape index (κ2) is 6.64. The third kappa shape index (κ3) is 3.75. The molecule has 2 aromatic rings. The Labute approximate surface area is 154 Å². The van der Waals surface area contributed by atoms with E-state index in [1.54, 1.807) is 39.1 Å². The number of rotatable bonds is 5. The fourth-order valence-corrected chi connectivity index (χ4v) is 4.33. The highest BCUT2D eigenvalue weighted by molar-refractivity contribution is 7.89. The fourth-order valence-electron chi connectivity index (χ4n) is 2.94. The molecule has 0 aliphatic carbocycles. The van der Waals surface area contributed by atoms with E-state index in [4.69, 9.17) is 0 Å². The number of benzene rings is 1. The summed E-state index contributed by atoms with van der Waals surface area (Å²) < 4.78 is 27.6. The molecule has 1 aromatic heterocycles. The highest BCUT2D eigenvalue weighted by Crippen LogP contribution is 2.33. The standard InChI is InChI=1S/C19H25N3O3S/c1-12-11-17-16(9-10-20-18(17)21-12)14-5-7-15(8-6-14)26(24,25)22-13(2)19(3,4)23/h5-10,12-13,22-23H,11H2,1-4H3,(H,20,21). The summed E-state index contributed by atoms with van der Waals surface area (Å²) in [6, 6.07) is 8.48. The van der Waals surface area contributed by atoms with E-state index in [0.717, 1.165) is 28.9 Å². The SMILES string of the molecule is CC1Cc2c(-c3ccc(S(=O)(=O)NC(C)C(C)(C)O)cc3)ccnc2N1. The van der Waals surface area contributed by atoms with Crippen molar-refractivity contribution in [2.75, 3.05) is 5.32 Å². The zero-order chi connectivity index (χ0) is 19.1. The van der Waals surface area contributed by atoms with Crippen molar-refractivity contribution in [3.8, 4) is 11.1 Å². The van der Waals surface area contributed by atoms with Crippen LogP contribution in [-0.2, 0) is 16.4 Å². The Balaban J connectivity index is 1.87. The number of hydrogen-bond donors (Lipinski definition) is 3. The summed E-state index contributed by atoms with van der Waals surface area (Å²) in [6.07, 6.45) is 2.65. The van der Waals surface area contributed by atoms with E-state index >= 15 is 0 Å². The number of hydrogen-bond acceptors (Lipinski definition) is 5. The molecule has 1 aliphatic rings. The lowest BCUT2D eigenvalue weighted by Gasteiger charge is -2.26. The van der Waals surface area contributed by atoms with Gasteiger partial charge in [0.25, 0.3) is 0 Å². The van der Waals surface area contributed by atoms with Crippen molar-refractivity contribution >= 4 is 15.8 Å². The van der Waals surface area contributed by atoms with E-state index in [1.165, 1.54) is 0 Å². The van der Waals surface area contributed by atoms with E-state index in [0.29, 0.717) is 6.04 Å². The summed E-state index contributed by atoms with van der Waals surface area (Å²) in [6.45, 7) is 6.89. The number of sulfonamides is 1. The Morgan fingerprint density at radius 3 is 2.54 bits per heavy atom. The van der Waals surface area contributed by atoms with Gasteiger partial charge in [0, 0.05) is 23.8 Å². The van der Waals surface area contributed by atoms with E-state index < -0.39 is 21.7 Å². The van der Waals surface area contributed by atoms with Crippen molar-refractivity contribution < 1.29 is 13.5 Å². The van der Waals surface area contributed by atoms with Crippen LogP contribution < -0.4 is 10.0 Å². The van der Waals surface area contributed by atoms with Gasteiger partial charge in [0.05, 0.1) is 10.5 Å². The molecular weight excluding hydrogens is 350 g/mol. The first-order chi connectivity index (χ1) is 12.1. The van der Waals surface area contributed by atoms with Crippen LogP contribution in [0.25, 0.3) is 11.1 Å². The molecule has 140 valence electrons. The molecule has 1 aliphatic heterocycles. The highest BCUT2D eigenvalue weighted by Gasteiger charge is 2.28. The molecule has 0 saturated carbocycles. The minimum absolute atomic E-state index is 0.176. The van der Waals surface area contributed by atoms with Crippen LogP contribution in [0.2, 0.25) is 0 Å². The Morgan fingerprint density at radius 1 is 1.27 bits per heavy atom. The topological polar surface area (TPSA) is 91.3 Å². The molecule has 2 unspecified atom stereocenters. The fraction of sp³-hybridized carbons (Fsp3) is 0.421. The third-order valence-corrected chi connectivity index (χ3v) is 6.37. The monoisotopic (exact) mass is 375 g/mol. The lowest BCUT2D eigenvalue weighted by molar-refractivity contribution is 0.0524. The molecule has 7 heteroatoms. The van der Waals surface area contributed by atoms with Gasteiger partial charge in [-0.05, 0) is 63.4 Å². The van der Waals surface area contributed by atoms with E-state index in [9.17, 15) is 13.5 Å². The summed E-state index contributed by atoms with van der Waals surface area (Å²) in [5, 5.41) is 13.3. The summed E-state index contributed by atoms with van der Waals surface area (Å²) in [4.78, 5) is 4.54. The molecule has 1 aromatic carbocycles. The lowest BCUT2D eigenvalue weighted by atomic mass is 9.99. The van der Waals surface area contributed by atoms with Gasteiger partial charge in [-0.25, -0.2) is 18.1 Å². The lowest BCUT2D eigenvalue weighted by Crippen LogP contribution is -2.47. The molecule has 3 rings (SSSR count). The van der Waals surface area contributed by atoms with E-state index in [2.05, 4.69) is 21.9 Å². The summed E-state index contributed by atoms with van der Waals surface area (Å²) in [7, 11) is -3.70. The molecular formula is C19H25N3O3S. The van der Waals surface area contributed by atoms with Gasteiger partial charge >= 0.3 is 0 Å². The maximum atomic E-state index is 12.5. The van der Waals surface area contributed by atoms with Crippen LogP contribution in [0.5, 0.6) is 0 Å². The van der Waals surface area contributed by atoms with Crippen LogP contribution in [0, 0.1) is 0 Å². The van der Waals surface area contributed by atoms with Gasteiger partial charge < -0.3 is 10.4 Å². The van der Waals surface area contributed by atoms with Crippen LogP contribution in [-0.4, -0.2) is 36.2 Å². The Morgan fingerprint density at radius 2 is 1.92 bits per heavy atom. The summed E-state index contributed by atoms with van der Waals surface area (Å²) in [5.74, 6) is 0.896. The molecule has 6 nitrogen and oxygen atoms in total. The third-order valence-electron chi connectivity index (χ3n) is 4.82. The zero-order valence-corrected chi connectivity index (χ0v) is 16.3. The average molecular weight is 375 g/mol. The minimum atomic E-state index is -3.70. The second-order valence-corrected chi connectivity index (χ2v) is 9.17. The van der Waals surface area contributed by atoms with Crippen molar-refractivity contribution in [3.63, 3.8) is 0 Å². The normalized spacial score (nSPS) is 18.3. The van der Waals surface area contributed by atoms with Crippen molar-refractivity contribution in [1.82, 2.24) is 9.71 Å². The average Bonchev–Trinajstić information content (AvgIpc) is 2.93. The zero-order valence-electron chi connectivity index (χ0n) is 15.4. The molecule has 0 fully saturated rings. The summed E-state index contributed by atoms with van der Waals surface area (Å²) >= 11 is 0. The summed E-state index contributed by atoms with van der Waals surface area (Å²) in [5.41, 5.74) is 2.03. The number of nitrogens with zero attached hydrogens (tertiary/aromatic N) is 1. The van der Waals surface area contributed by atoms with Crippen LogP contribution in [0.3, 0.4) is 0 Å². The number of nitrogens with one attached hydrogen (secondary N) is 2. The van der Waals surface area contributed by atoms with Crippen LogP contribution in [0.1, 0.15) is 33.3 Å². The van der Waals surface area contributed by atoms with Crippen molar-refractivity contribution in [2.45, 2.75) is 56.7 Å². The number of pyridine rings is 1. The number of anilines is 1. The molecule has 0 amide bonds. The van der Waals surface area contributed by atoms with E-state index in [1.807, 2.05) is 18.2 Å². The van der Waals surface area contributed by atoms with Crippen LogP contribution in [0.4, 0.5) is 5.82 Å². The minimum Gasteiger partial charge on any atom is -0.389 e. The maximum absolute atomic E-state index is 12.5. The van der Waals surface area contributed by atoms with Crippen LogP contribution >= 0.6 is 0 Å². The Hall–Kier alpha value is -1.96. The number of aromatic nitrogens is 1. The smallest absolute Gasteiger partial charge is 0.240 e.